The van der Waals surface area contributed by atoms with Gasteiger partial charge in [0.05, 0.1) is 5.60 Å². The van der Waals surface area contributed by atoms with E-state index in [2.05, 4.69) is 16.8 Å². The van der Waals surface area contributed by atoms with Gasteiger partial charge in [0.1, 0.15) is 5.82 Å². The molecule has 1 aliphatic heterocycles. The lowest BCUT2D eigenvalue weighted by molar-refractivity contribution is -0.00481. The van der Waals surface area contributed by atoms with Crippen LogP contribution in [0.3, 0.4) is 0 Å². The van der Waals surface area contributed by atoms with Gasteiger partial charge in [0.25, 0.3) is 0 Å². The van der Waals surface area contributed by atoms with Crippen LogP contribution in [0.4, 0.5) is 5.82 Å². The van der Waals surface area contributed by atoms with Crippen LogP contribution in [0.15, 0.2) is 18.3 Å². The van der Waals surface area contributed by atoms with Crippen LogP contribution in [-0.4, -0.2) is 30.8 Å². The van der Waals surface area contributed by atoms with E-state index >= 15 is 0 Å². The Labute approximate surface area is 108 Å². The number of piperidine rings is 1. The monoisotopic (exact) mass is 254 g/mol. The van der Waals surface area contributed by atoms with Crippen molar-refractivity contribution < 1.29 is 4.74 Å². The van der Waals surface area contributed by atoms with Crippen LogP contribution in [-0.2, 0) is 10.6 Å². The minimum absolute atomic E-state index is 0.0505. The summed E-state index contributed by atoms with van der Waals surface area (Å²) in [5.41, 5.74) is 1.01. The van der Waals surface area contributed by atoms with Gasteiger partial charge < -0.3 is 9.64 Å². The summed E-state index contributed by atoms with van der Waals surface area (Å²) in [6.45, 7) is 4.11. The van der Waals surface area contributed by atoms with Gasteiger partial charge in [-0.3, -0.25) is 0 Å². The summed E-state index contributed by atoms with van der Waals surface area (Å²) in [7, 11) is 1.79. The summed E-state index contributed by atoms with van der Waals surface area (Å²) in [6, 6.07) is 4.08. The Bertz CT molecular complexity index is 368. The zero-order valence-corrected chi connectivity index (χ0v) is 11.2. The summed E-state index contributed by atoms with van der Waals surface area (Å²) >= 11 is 5.76. The normalized spacial score (nSPS) is 25.0. The molecule has 1 fully saturated rings. The van der Waals surface area contributed by atoms with Crippen LogP contribution in [0.2, 0.25) is 0 Å². The Morgan fingerprint density at radius 2 is 2.35 bits per heavy atom. The van der Waals surface area contributed by atoms with Crippen molar-refractivity contribution in [1.82, 2.24) is 4.98 Å². The second-order valence-corrected chi connectivity index (χ2v) is 5.10. The van der Waals surface area contributed by atoms with Crippen molar-refractivity contribution in [2.24, 2.45) is 0 Å². The molecule has 1 aromatic heterocycles. The first-order valence-electron chi connectivity index (χ1n) is 5.98. The predicted molar refractivity (Wildman–Crippen MR) is 70.7 cm³/mol. The van der Waals surface area contributed by atoms with E-state index in [0.717, 1.165) is 37.3 Å². The maximum absolute atomic E-state index is 5.76. The van der Waals surface area contributed by atoms with Crippen molar-refractivity contribution in [3.63, 3.8) is 0 Å². The van der Waals surface area contributed by atoms with E-state index in [-0.39, 0.29) is 5.60 Å². The highest BCUT2D eigenvalue weighted by atomic mass is 35.5. The molecule has 1 aromatic rings. The third kappa shape index (κ3) is 2.90. The van der Waals surface area contributed by atoms with Crippen molar-refractivity contribution in [2.45, 2.75) is 31.2 Å². The molecule has 1 unspecified atom stereocenters. The molecule has 1 aliphatic rings. The highest BCUT2D eigenvalue weighted by Gasteiger charge is 2.31. The Hall–Kier alpha value is -0.800. The maximum atomic E-state index is 5.76. The molecule has 0 aliphatic carbocycles. The van der Waals surface area contributed by atoms with Crippen LogP contribution in [0.25, 0.3) is 0 Å². The van der Waals surface area contributed by atoms with Crippen molar-refractivity contribution >= 4 is 17.4 Å². The molecule has 0 amide bonds. The highest BCUT2D eigenvalue weighted by molar-refractivity contribution is 6.17. The molecule has 0 aromatic carbocycles. The van der Waals surface area contributed by atoms with Crippen LogP contribution >= 0.6 is 11.6 Å². The summed E-state index contributed by atoms with van der Waals surface area (Å²) in [6.07, 6.45) is 4.10. The van der Waals surface area contributed by atoms with E-state index < -0.39 is 0 Å². The smallest absolute Gasteiger partial charge is 0.128 e. The molecule has 0 radical (unpaired) electrons. The minimum Gasteiger partial charge on any atom is -0.377 e. The molecule has 1 atom stereocenters. The molecular formula is C13H19ClN2O. The maximum Gasteiger partial charge on any atom is 0.128 e. The first-order chi connectivity index (χ1) is 8.17. The zero-order valence-electron chi connectivity index (χ0n) is 10.4. The lowest BCUT2D eigenvalue weighted by Gasteiger charge is -2.40. The van der Waals surface area contributed by atoms with Gasteiger partial charge in [0.15, 0.2) is 0 Å². The Morgan fingerprint density at radius 3 is 2.94 bits per heavy atom. The van der Waals surface area contributed by atoms with Crippen LogP contribution < -0.4 is 4.90 Å². The van der Waals surface area contributed by atoms with Crippen LogP contribution in [0, 0.1) is 0 Å². The van der Waals surface area contributed by atoms with Crippen LogP contribution in [0.1, 0.15) is 25.3 Å². The first-order valence-corrected chi connectivity index (χ1v) is 6.51. The number of hydrogen-bond donors (Lipinski definition) is 0. The average molecular weight is 255 g/mol. The standard InChI is InChI=1S/C13H19ClN2O/c1-13(17-2)6-3-7-16(10-13)12-5-4-11(8-14)9-15-12/h4-5,9H,3,6-8,10H2,1-2H3. The van der Waals surface area contributed by atoms with E-state index in [1.807, 2.05) is 18.3 Å². The molecule has 3 nitrogen and oxygen atoms in total. The molecule has 2 rings (SSSR count). The third-order valence-corrected chi connectivity index (χ3v) is 3.75. The van der Waals surface area contributed by atoms with Gasteiger partial charge in [-0.05, 0) is 31.4 Å². The fourth-order valence-electron chi connectivity index (χ4n) is 2.25. The number of hydrogen-bond acceptors (Lipinski definition) is 3. The zero-order chi connectivity index (χ0) is 12.3. The van der Waals surface area contributed by atoms with Gasteiger partial charge in [-0.1, -0.05) is 6.07 Å². The molecule has 0 N–H and O–H groups in total. The molecule has 4 heteroatoms. The topological polar surface area (TPSA) is 25.4 Å². The van der Waals surface area contributed by atoms with Gasteiger partial charge in [-0.25, -0.2) is 4.98 Å². The highest BCUT2D eigenvalue weighted by Crippen LogP contribution is 2.26. The summed E-state index contributed by atoms with van der Waals surface area (Å²) < 4.78 is 5.58. The third-order valence-electron chi connectivity index (χ3n) is 3.44. The molecule has 0 saturated carbocycles. The first kappa shape index (κ1) is 12.7. The molecule has 2 heterocycles. The Morgan fingerprint density at radius 1 is 1.53 bits per heavy atom. The predicted octanol–water partition coefficient (Wildman–Crippen LogP) is 2.83. The number of pyridine rings is 1. The second kappa shape index (κ2) is 5.23. The average Bonchev–Trinajstić information content (AvgIpc) is 2.39. The number of anilines is 1. The number of alkyl halides is 1. The fourth-order valence-corrected chi connectivity index (χ4v) is 2.41. The summed E-state index contributed by atoms with van der Waals surface area (Å²) in [4.78, 5) is 6.74. The SMILES string of the molecule is COC1(C)CCCN(c2ccc(CCl)cn2)C1. The second-order valence-electron chi connectivity index (χ2n) is 4.84. The molecule has 0 spiro atoms. The van der Waals surface area contributed by atoms with Gasteiger partial charge in [-0.2, -0.15) is 0 Å². The number of halogens is 1. The largest absolute Gasteiger partial charge is 0.377 e. The van der Waals surface area contributed by atoms with Crippen LogP contribution in [0.5, 0.6) is 0 Å². The van der Waals surface area contributed by atoms with E-state index in [9.17, 15) is 0 Å². The molecule has 1 saturated heterocycles. The van der Waals surface area contributed by atoms with E-state index in [0.29, 0.717) is 5.88 Å². The minimum atomic E-state index is -0.0505. The number of ether oxygens (including phenoxy) is 1. The van der Waals surface area contributed by atoms with Gasteiger partial charge in [-0.15, -0.1) is 11.6 Å². The number of rotatable bonds is 3. The lowest BCUT2D eigenvalue weighted by atomic mass is 9.95. The quantitative estimate of drug-likeness (QED) is 0.776. The van der Waals surface area contributed by atoms with E-state index in [1.165, 1.54) is 0 Å². The van der Waals surface area contributed by atoms with Crippen molar-refractivity contribution in [3.05, 3.63) is 23.9 Å². The van der Waals surface area contributed by atoms with E-state index in [1.54, 1.807) is 7.11 Å². The van der Waals surface area contributed by atoms with Crippen molar-refractivity contribution in [2.75, 3.05) is 25.1 Å². The summed E-state index contributed by atoms with van der Waals surface area (Å²) in [5, 5.41) is 0. The lowest BCUT2D eigenvalue weighted by Crippen LogP contribution is -2.47. The van der Waals surface area contributed by atoms with Gasteiger partial charge >= 0.3 is 0 Å². The van der Waals surface area contributed by atoms with Crippen molar-refractivity contribution in [1.29, 1.82) is 0 Å². The molecule has 17 heavy (non-hydrogen) atoms. The number of methoxy groups -OCH3 is 1. The van der Waals surface area contributed by atoms with Gasteiger partial charge in [0, 0.05) is 32.3 Å². The number of aromatic nitrogens is 1. The Kier molecular flexibility index (Phi) is 3.89. The molecule has 0 bridgehead atoms. The van der Waals surface area contributed by atoms with Gasteiger partial charge in [0.2, 0.25) is 0 Å². The van der Waals surface area contributed by atoms with Crippen molar-refractivity contribution in [3.8, 4) is 0 Å². The van der Waals surface area contributed by atoms with E-state index in [4.69, 9.17) is 16.3 Å². The fraction of sp³-hybridized carbons (Fsp3) is 0.615. The summed E-state index contributed by atoms with van der Waals surface area (Å²) in [5.74, 6) is 1.53. The number of nitrogens with zero attached hydrogens (tertiary/aromatic N) is 2. The molecule has 94 valence electrons. The Balaban J connectivity index is 2.10. The molecular weight excluding hydrogens is 236 g/mol.